The van der Waals surface area contributed by atoms with E-state index >= 15 is 0 Å². The first-order chi connectivity index (χ1) is 6.29. The summed E-state index contributed by atoms with van der Waals surface area (Å²) in [6.45, 7) is 3.64. The molecule has 0 aromatic heterocycles. The average Bonchev–Trinajstić information content (AvgIpc) is 2.16. The first kappa shape index (κ1) is 9.93. The zero-order valence-electron chi connectivity index (χ0n) is 7.76. The molecular weight excluding hydrogens is 165 g/mol. The van der Waals surface area contributed by atoms with Gasteiger partial charge in [0.1, 0.15) is 5.82 Å². The van der Waals surface area contributed by atoms with Crippen LogP contribution in [0, 0.1) is 5.82 Å². The zero-order valence-corrected chi connectivity index (χ0v) is 7.76. The minimum absolute atomic E-state index is 0.0266. The molecule has 0 saturated heterocycles. The first-order valence-electron chi connectivity index (χ1n) is 4.32. The van der Waals surface area contributed by atoms with Gasteiger partial charge in [-0.1, -0.05) is 24.3 Å². The Labute approximate surface area is 78.3 Å². The van der Waals surface area contributed by atoms with Crippen LogP contribution < -0.4 is 5.32 Å². The van der Waals surface area contributed by atoms with E-state index in [-0.39, 0.29) is 11.9 Å². The molecule has 70 valence electrons. The molecule has 0 spiro atoms. The molecule has 0 radical (unpaired) electrons. The van der Waals surface area contributed by atoms with E-state index in [0.717, 1.165) is 6.42 Å². The first-order valence-corrected chi connectivity index (χ1v) is 4.32. The largest absolute Gasteiger partial charge is 0.313 e. The Morgan fingerprint density at radius 3 is 2.77 bits per heavy atom. The fraction of sp³-hybridized carbons (Fsp3) is 0.273. The monoisotopic (exact) mass is 179 g/mol. The molecule has 0 aliphatic carbocycles. The van der Waals surface area contributed by atoms with E-state index in [1.165, 1.54) is 6.07 Å². The van der Waals surface area contributed by atoms with Gasteiger partial charge in [0.05, 0.1) is 0 Å². The van der Waals surface area contributed by atoms with E-state index < -0.39 is 0 Å². The molecule has 1 aromatic rings. The molecule has 1 nitrogen and oxygen atoms in total. The third-order valence-corrected chi connectivity index (χ3v) is 2.03. The van der Waals surface area contributed by atoms with Gasteiger partial charge in [-0.2, -0.15) is 0 Å². The zero-order chi connectivity index (χ0) is 9.68. The number of nitrogens with one attached hydrogen (secondary N) is 1. The third-order valence-electron chi connectivity index (χ3n) is 2.03. The van der Waals surface area contributed by atoms with Gasteiger partial charge >= 0.3 is 0 Å². The Hall–Kier alpha value is -1.15. The molecule has 0 heterocycles. The van der Waals surface area contributed by atoms with Crippen LogP contribution in [-0.4, -0.2) is 7.05 Å². The smallest absolute Gasteiger partial charge is 0.127 e. The molecule has 0 aliphatic rings. The summed E-state index contributed by atoms with van der Waals surface area (Å²) >= 11 is 0. The molecule has 2 heteroatoms. The molecule has 0 fully saturated rings. The Bertz CT molecular complexity index is 283. The highest BCUT2D eigenvalue weighted by Gasteiger charge is 2.10. The van der Waals surface area contributed by atoms with Crippen LogP contribution in [-0.2, 0) is 0 Å². The standard InChI is InChI=1S/C11H14FN/c1-3-6-11(13-2)9-7-4-5-8-10(9)12/h3-5,7-8,11,13H,1,6H2,2H3. The highest BCUT2D eigenvalue weighted by atomic mass is 19.1. The summed E-state index contributed by atoms with van der Waals surface area (Å²) in [6, 6.07) is 6.83. The van der Waals surface area contributed by atoms with Crippen molar-refractivity contribution in [2.75, 3.05) is 7.05 Å². The van der Waals surface area contributed by atoms with E-state index in [9.17, 15) is 4.39 Å². The maximum atomic E-state index is 13.3. The van der Waals surface area contributed by atoms with Crippen molar-refractivity contribution in [3.8, 4) is 0 Å². The Morgan fingerprint density at radius 1 is 1.54 bits per heavy atom. The Morgan fingerprint density at radius 2 is 2.23 bits per heavy atom. The molecule has 0 amide bonds. The van der Waals surface area contributed by atoms with Gasteiger partial charge in [-0.25, -0.2) is 4.39 Å². The average molecular weight is 179 g/mol. The lowest BCUT2D eigenvalue weighted by Crippen LogP contribution is -2.16. The van der Waals surface area contributed by atoms with Crippen LogP contribution in [0.25, 0.3) is 0 Å². The van der Waals surface area contributed by atoms with Crippen molar-refractivity contribution in [1.82, 2.24) is 5.32 Å². The van der Waals surface area contributed by atoms with Crippen LogP contribution in [0.5, 0.6) is 0 Å². The predicted molar refractivity (Wildman–Crippen MR) is 53.0 cm³/mol. The van der Waals surface area contributed by atoms with Crippen molar-refractivity contribution in [2.24, 2.45) is 0 Å². The van der Waals surface area contributed by atoms with Gasteiger partial charge in [0.2, 0.25) is 0 Å². The lowest BCUT2D eigenvalue weighted by molar-refractivity contribution is 0.540. The van der Waals surface area contributed by atoms with E-state index in [4.69, 9.17) is 0 Å². The van der Waals surface area contributed by atoms with Crippen molar-refractivity contribution in [2.45, 2.75) is 12.5 Å². The maximum Gasteiger partial charge on any atom is 0.127 e. The van der Waals surface area contributed by atoms with Crippen molar-refractivity contribution < 1.29 is 4.39 Å². The second-order valence-corrected chi connectivity index (χ2v) is 2.89. The summed E-state index contributed by atoms with van der Waals surface area (Å²) in [5, 5.41) is 3.05. The van der Waals surface area contributed by atoms with Gasteiger partial charge in [-0.3, -0.25) is 0 Å². The van der Waals surface area contributed by atoms with Crippen LogP contribution in [0.15, 0.2) is 36.9 Å². The van der Waals surface area contributed by atoms with Gasteiger partial charge in [-0.05, 0) is 19.5 Å². The summed E-state index contributed by atoms with van der Waals surface area (Å²) in [7, 11) is 1.82. The lowest BCUT2D eigenvalue weighted by Gasteiger charge is -2.14. The number of hydrogen-bond donors (Lipinski definition) is 1. The molecule has 1 aromatic carbocycles. The van der Waals surface area contributed by atoms with Crippen LogP contribution in [0.4, 0.5) is 4.39 Å². The van der Waals surface area contributed by atoms with Crippen LogP contribution in [0.3, 0.4) is 0 Å². The minimum Gasteiger partial charge on any atom is -0.313 e. The molecule has 1 N–H and O–H groups in total. The molecule has 1 unspecified atom stereocenters. The molecule has 13 heavy (non-hydrogen) atoms. The molecule has 0 bridgehead atoms. The van der Waals surface area contributed by atoms with E-state index in [2.05, 4.69) is 11.9 Å². The van der Waals surface area contributed by atoms with Gasteiger partial charge < -0.3 is 5.32 Å². The fourth-order valence-electron chi connectivity index (χ4n) is 1.32. The number of rotatable bonds is 4. The predicted octanol–water partition coefficient (Wildman–Crippen LogP) is 2.66. The molecule has 1 atom stereocenters. The van der Waals surface area contributed by atoms with Gasteiger partial charge in [0.25, 0.3) is 0 Å². The van der Waals surface area contributed by atoms with E-state index in [1.807, 2.05) is 13.1 Å². The maximum absolute atomic E-state index is 13.3. The summed E-state index contributed by atoms with van der Waals surface area (Å²) in [4.78, 5) is 0. The summed E-state index contributed by atoms with van der Waals surface area (Å²) in [6.07, 6.45) is 2.52. The number of hydrogen-bond acceptors (Lipinski definition) is 1. The Kier molecular flexibility index (Phi) is 3.65. The SMILES string of the molecule is C=CCC(NC)c1ccccc1F. The second kappa shape index (κ2) is 4.77. The minimum atomic E-state index is -0.163. The highest BCUT2D eigenvalue weighted by molar-refractivity contribution is 5.21. The lowest BCUT2D eigenvalue weighted by atomic mass is 10.0. The van der Waals surface area contributed by atoms with Crippen molar-refractivity contribution in [1.29, 1.82) is 0 Å². The summed E-state index contributed by atoms with van der Waals surface area (Å²) in [5.74, 6) is -0.163. The third kappa shape index (κ3) is 2.39. The van der Waals surface area contributed by atoms with Gasteiger partial charge in [0.15, 0.2) is 0 Å². The number of halogens is 1. The normalized spacial score (nSPS) is 12.5. The summed E-state index contributed by atoms with van der Waals surface area (Å²) in [5.41, 5.74) is 0.699. The van der Waals surface area contributed by atoms with Crippen molar-refractivity contribution in [3.05, 3.63) is 48.3 Å². The van der Waals surface area contributed by atoms with Crippen molar-refractivity contribution in [3.63, 3.8) is 0 Å². The van der Waals surface area contributed by atoms with E-state index in [1.54, 1.807) is 18.2 Å². The molecular formula is C11H14FN. The summed E-state index contributed by atoms with van der Waals surface area (Å²) < 4.78 is 13.3. The van der Waals surface area contributed by atoms with Crippen LogP contribution in [0.2, 0.25) is 0 Å². The van der Waals surface area contributed by atoms with E-state index in [0.29, 0.717) is 5.56 Å². The van der Waals surface area contributed by atoms with Crippen LogP contribution in [0.1, 0.15) is 18.0 Å². The molecule has 1 rings (SSSR count). The van der Waals surface area contributed by atoms with Gasteiger partial charge in [-0.15, -0.1) is 6.58 Å². The highest BCUT2D eigenvalue weighted by Crippen LogP contribution is 2.19. The van der Waals surface area contributed by atoms with Gasteiger partial charge in [0, 0.05) is 11.6 Å². The van der Waals surface area contributed by atoms with Crippen molar-refractivity contribution >= 4 is 0 Å². The fourth-order valence-corrected chi connectivity index (χ4v) is 1.32. The van der Waals surface area contributed by atoms with Crippen LogP contribution >= 0.6 is 0 Å². The Balaban J connectivity index is 2.90. The second-order valence-electron chi connectivity index (χ2n) is 2.89. The molecule has 0 saturated carbocycles. The topological polar surface area (TPSA) is 12.0 Å². The quantitative estimate of drug-likeness (QED) is 0.701. The number of benzene rings is 1. The molecule has 0 aliphatic heterocycles.